The highest BCUT2D eigenvalue weighted by molar-refractivity contribution is 6.10. The predicted molar refractivity (Wildman–Crippen MR) is 121 cm³/mol. The molecule has 162 valence electrons. The molecule has 4 rings (SSSR count). The number of amides is 1. The van der Waals surface area contributed by atoms with Gasteiger partial charge in [-0.05, 0) is 30.7 Å². The first-order valence-corrected chi connectivity index (χ1v) is 10.5. The van der Waals surface area contributed by atoms with E-state index in [0.717, 1.165) is 33.8 Å². The standard InChI is InChI=1S/C25H29N3O3/c1-15(30-5)16-11-13-17(14-12-16)28-22(18-9-7-8-10-19(18)31-6)20-21(24(28)29)26-27-23(20)25(2,3)4/h7-15,22H,1-6H3,(H,26,27). The summed E-state index contributed by atoms with van der Waals surface area (Å²) >= 11 is 0. The molecule has 0 saturated heterocycles. The van der Waals surface area contributed by atoms with Gasteiger partial charge in [0.2, 0.25) is 0 Å². The monoisotopic (exact) mass is 419 g/mol. The molecule has 2 heterocycles. The van der Waals surface area contributed by atoms with E-state index in [9.17, 15) is 4.79 Å². The predicted octanol–water partition coefficient (Wildman–Crippen LogP) is 5.17. The summed E-state index contributed by atoms with van der Waals surface area (Å²) < 4.78 is 11.1. The number of methoxy groups -OCH3 is 2. The van der Waals surface area contributed by atoms with Gasteiger partial charge in [0, 0.05) is 35.0 Å². The third-order valence-corrected chi connectivity index (χ3v) is 5.93. The number of hydrogen-bond donors (Lipinski definition) is 1. The average molecular weight is 420 g/mol. The second kappa shape index (κ2) is 7.85. The van der Waals surface area contributed by atoms with Gasteiger partial charge >= 0.3 is 0 Å². The van der Waals surface area contributed by atoms with Crippen LogP contribution in [0.4, 0.5) is 5.69 Å². The van der Waals surface area contributed by atoms with E-state index in [1.54, 1.807) is 14.2 Å². The van der Waals surface area contributed by atoms with Crippen LogP contribution < -0.4 is 9.64 Å². The smallest absolute Gasteiger partial charge is 0.280 e. The Morgan fingerprint density at radius 2 is 1.74 bits per heavy atom. The zero-order valence-electron chi connectivity index (χ0n) is 18.9. The molecule has 3 aromatic rings. The number of nitrogens with one attached hydrogen (secondary N) is 1. The number of carbonyl (C=O) groups excluding carboxylic acids is 1. The molecular formula is C25H29N3O3. The van der Waals surface area contributed by atoms with E-state index < -0.39 is 0 Å². The number of para-hydroxylation sites is 1. The van der Waals surface area contributed by atoms with Crippen LogP contribution >= 0.6 is 0 Å². The molecule has 1 N–H and O–H groups in total. The Hall–Kier alpha value is -3.12. The summed E-state index contributed by atoms with van der Waals surface area (Å²) in [6.45, 7) is 8.36. The first kappa shape index (κ1) is 21.1. The zero-order valence-corrected chi connectivity index (χ0v) is 18.9. The van der Waals surface area contributed by atoms with Gasteiger partial charge in [-0.3, -0.25) is 14.8 Å². The number of aromatic nitrogens is 2. The van der Waals surface area contributed by atoms with E-state index in [0.29, 0.717) is 5.69 Å². The molecule has 0 bridgehead atoms. The van der Waals surface area contributed by atoms with Crippen molar-refractivity contribution in [2.75, 3.05) is 19.1 Å². The van der Waals surface area contributed by atoms with Crippen molar-refractivity contribution in [3.8, 4) is 5.75 Å². The summed E-state index contributed by atoms with van der Waals surface area (Å²) in [5.74, 6) is 0.619. The number of ether oxygens (including phenoxy) is 2. The van der Waals surface area contributed by atoms with Crippen LogP contribution in [0.1, 0.15) is 72.7 Å². The molecule has 31 heavy (non-hydrogen) atoms. The minimum atomic E-state index is -0.336. The molecule has 1 aromatic heterocycles. The summed E-state index contributed by atoms with van der Waals surface area (Å²) in [5, 5.41) is 7.57. The summed E-state index contributed by atoms with van der Waals surface area (Å²) in [6.07, 6.45) is -0.0171. The van der Waals surface area contributed by atoms with Crippen molar-refractivity contribution in [3.63, 3.8) is 0 Å². The summed E-state index contributed by atoms with van der Waals surface area (Å²) in [5.41, 5.74) is 4.93. The lowest BCUT2D eigenvalue weighted by Gasteiger charge is -2.29. The van der Waals surface area contributed by atoms with Crippen LogP contribution in [0.3, 0.4) is 0 Å². The second-order valence-corrected chi connectivity index (χ2v) is 8.90. The average Bonchev–Trinajstić information content (AvgIpc) is 3.32. The summed E-state index contributed by atoms with van der Waals surface area (Å²) in [7, 11) is 3.34. The quantitative estimate of drug-likeness (QED) is 0.619. The summed E-state index contributed by atoms with van der Waals surface area (Å²) in [4.78, 5) is 15.4. The molecule has 1 aliphatic heterocycles. The van der Waals surface area contributed by atoms with Crippen LogP contribution in [0.25, 0.3) is 0 Å². The van der Waals surface area contributed by atoms with E-state index in [1.165, 1.54) is 0 Å². The van der Waals surface area contributed by atoms with Crippen LogP contribution in [0.15, 0.2) is 48.5 Å². The Morgan fingerprint density at radius 1 is 1.06 bits per heavy atom. The third-order valence-electron chi connectivity index (χ3n) is 5.93. The van der Waals surface area contributed by atoms with Gasteiger partial charge in [-0.2, -0.15) is 5.10 Å². The highest BCUT2D eigenvalue weighted by Crippen LogP contribution is 2.47. The fourth-order valence-corrected chi connectivity index (χ4v) is 4.21. The minimum absolute atomic E-state index is 0.0171. The van der Waals surface area contributed by atoms with Gasteiger partial charge in [-0.15, -0.1) is 0 Å². The largest absolute Gasteiger partial charge is 0.496 e. The van der Waals surface area contributed by atoms with Crippen LogP contribution in [0.2, 0.25) is 0 Å². The van der Waals surface area contributed by atoms with E-state index >= 15 is 0 Å². The molecule has 6 heteroatoms. The maximum absolute atomic E-state index is 13.6. The molecule has 1 amide bonds. The fraction of sp³-hybridized carbons (Fsp3) is 0.360. The lowest BCUT2D eigenvalue weighted by molar-refractivity contribution is 0.0988. The van der Waals surface area contributed by atoms with Crippen molar-refractivity contribution in [1.29, 1.82) is 0 Å². The fourth-order valence-electron chi connectivity index (χ4n) is 4.21. The van der Waals surface area contributed by atoms with Crippen molar-refractivity contribution in [3.05, 3.63) is 76.6 Å². The Balaban J connectivity index is 1.90. The number of H-pyrrole nitrogens is 1. The number of rotatable bonds is 5. The van der Waals surface area contributed by atoms with Gasteiger partial charge in [0.05, 0.1) is 19.3 Å². The molecule has 2 atom stereocenters. The minimum Gasteiger partial charge on any atom is -0.496 e. The van der Waals surface area contributed by atoms with Crippen molar-refractivity contribution in [1.82, 2.24) is 10.2 Å². The molecule has 2 unspecified atom stereocenters. The van der Waals surface area contributed by atoms with E-state index in [1.807, 2.05) is 60.4 Å². The topological polar surface area (TPSA) is 67.5 Å². The Bertz CT molecular complexity index is 1100. The molecule has 2 aromatic carbocycles. The van der Waals surface area contributed by atoms with E-state index in [-0.39, 0.29) is 23.5 Å². The highest BCUT2D eigenvalue weighted by Gasteiger charge is 2.45. The molecule has 0 saturated carbocycles. The maximum atomic E-state index is 13.6. The first-order chi connectivity index (χ1) is 14.8. The second-order valence-electron chi connectivity index (χ2n) is 8.90. The van der Waals surface area contributed by atoms with Crippen molar-refractivity contribution in [2.24, 2.45) is 0 Å². The lowest BCUT2D eigenvalue weighted by Crippen LogP contribution is -2.30. The number of fused-ring (bicyclic) bond motifs is 1. The van der Waals surface area contributed by atoms with Crippen LogP contribution in [-0.4, -0.2) is 30.3 Å². The molecular weight excluding hydrogens is 390 g/mol. The van der Waals surface area contributed by atoms with Gasteiger partial charge in [0.1, 0.15) is 5.75 Å². The molecule has 1 aliphatic rings. The number of nitrogens with zero attached hydrogens (tertiary/aromatic N) is 2. The van der Waals surface area contributed by atoms with Crippen LogP contribution in [0, 0.1) is 0 Å². The van der Waals surface area contributed by atoms with Gasteiger partial charge in [0.15, 0.2) is 5.69 Å². The molecule has 0 spiro atoms. The normalized spacial score (nSPS) is 17.0. The highest BCUT2D eigenvalue weighted by atomic mass is 16.5. The number of anilines is 1. The van der Waals surface area contributed by atoms with Crippen molar-refractivity contribution < 1.29 is 14.3 Å². The lowest BCUT2D eigenvalue weighted by atomic mass is 9.85. The first-order valence-electron chi connectivity index (χ1n) is 10.5. The molecule has 0 fully saturated rings. The van der Waals surface area contributed by atoms with Crippen LogP contribution in [0.5, 0.6) is 5.75 Å². The van der Waals surface area contributed by atoms with Gasteiger partial charge in [0.25, 0.3) is 5.91 Å². The van der Waals surface area contributed by atoms with E-state index in [2.05, 4.69) is 31.0 Å². The van der Waals surface area contributed by atoms with Gasteiger partial charge < -0.3 is 9.47 Å². The Morgan fingerprint density at radius 3 is 2.35 bits per heavy atom. The molecule has 0 radical (unpaired) electrons. The number of hydrogen-bond acceptors (Lipinski definition) is 4. The number of aromatic amines is 1. The Labute approximate surface area is 183 Å². The zero-order chi connectivity index (χ0) is 22.3. The summed E-state index contributed by atoms with van der Waals surface area (Å²) in [6, 6.07) is 15.5. The SMILES string of the molecule is COc1ccccc1C1c2c(n[nH]c2C(C)(C)C)C(=O)N1c1ccc(C(C)OC)cc1. The van der Waals surface area contributed by atoms with Crippen molar-refractivity contribution >= 4 is 11.6 Å². The molecule has 0 aliphatic carbocycles. The molecule has 6 nitrogen and oxygen atoms in total. The van der Waals surface area contributed by atoms with Crippen molar-refractivity contribution in [2.45, 2.75) is 45.3 Å². The number of carbonyl (C=O) groups is 1. The van der Waals surface area contributed by atoms with Crippen LogP contribution in [-0.2, 0) is 10.2 Å². The Kier molecular flexibility index (Phi) is 5.35. The third kappa shape index (κ3) is 3.51. The van der Waals surface area contributed by atoms with Gasteiger partial charge in [-0.1, -0.05) is 51.1 Å². The maximum Gasteiger partial charge on any atom is 0.280 e. The van der Waals surface area contributed by atoms with Gasteiger partial charge in [-0.25, -0.2) is 0 Å². The number of benzene rings is 2. The van der Waals surface area contributed by atoms with E-state index in [4.69, 9.17) is 9.47 Å².